The molecule has 34 heavy (non-hydrogen) atoms. The third kappa shape index (κ3) is 3.58. The average Bonchev–Trinajstić information content (AvgIpc) is 3.49. The summed E-state index contributed by atoms with van der Waals surface area (Å²) in [5, 5.41) is 22.2. The van der Waals surface area contributed by atoms with Crippen LogP contribution in [0.1, 0.15) is 27.9 Å². The summed E-state index contributed by atoms with van der Waals surface area (Å²) in [4.78, 5) is 43.0. The number of thiazole rings is 1. The van der Waals surface area contributed by atoms with Gasteiger partial charge in [0.2, 0.25) is 5.78 Å². The number of carbonyl (C=O) groups excluding carboxylic acids is 2. The lowest BCUT2D eigenvalue weighted by atomic mass is 9.95. The minimum absolute atomic E-state index is 0.00591. The number of aliphatic hydroxyl groups is 1. The van der Waals surface area contributed by atoms with Crippen LogP contribution in [-0.2, 0) is 4.79 Å². The van der Waals surface area contributed by atoms with Crippen LogP contribution < -0.4 is 4.90 Å². The number of halogens is 1. The second kappa shape index (κ2) is 8.19. The zero-order valence-electron chi connectivity index (χ0n) is 17.4. The summed E-state index contributed by atoms with van der Waals surface area (Å²) < 4.78 is 6.67. The minimum Gasteiger partial charge on any atom is -0.503 e. The molecule has 11 heteroatoms. The maximum atomic E-state index is 13.4. The molecule has 1 N–H and O–H groups in total. The van der Waals surface area contributed by atoms with Crippen molar-refractivity contribution in [3.05, 3.63) is 97.6 Å². The monoisotopic (exact) mass is 539 g/mol. The number of nitrogens with zero attached hydrogens (tertiary/aromatic N) is 3. The van der Waals surface area contributed by atoms with Crippen molar-refractivity contribution in [3.8, 4) is 0 Å². The van der Waals surface area contributed by atoms with E-state index in [2.05, 4.69) is 20.9 Å². The van der Waals surface area contributed by atoms with Crippen LogP contribution in [-0.4, -0.2) is 26.7 Å². The van der Waals surface area contributed by atoms with E-state index in [1.807, 2.05) is 0 Å². The molecular formula is C23H14BrN3O6S. The van der Waals surface area contributed by atoms with E-state index in [0.29, 0.717) is 26.0 Å². The summed E-state index contributed by atoms with van der Waals surface area (Å²) in [7, 11) is 0. The first-order valence-corrected chi connectivity index (χ1v) is 11.5. The van der Waals surface area contributed by atoms with Crippen molar-refractivity contribution in [2.24, 2.45) is 0 Å². The van der Waals surface area contributed by atoms with E-state index in [1.165, 1.54) is 29.2 Å². The van der Waals surface area contributed by atoms with Crippen LogP contribution >= 0.6 is 27.3 Å². The number of fused-ring (bicyclic) bond motifs is 1. The zero-order valence-corrected chi connectivity index (χ0v) is 19.8. The second-order valence-corrected chi connectivity index (χ2v) is 9.46. The van der Waals surface area contributed by atoms with E-state index < -0.39 is 28.4 Å². The number of hydrogen-bond acceptors (Lipinski definition) is 8. The molecule has 0 bridgehead atoms. The number of aryl methyl sites for hydroxylation is 1. The molecule has 3 heterocycles. The number of rotatable bonds is 5. The molecule has 1 unspecified atom stereocenters. The average molecular weight is 540 g/mol. The first-order chi connectivity index (χ1) is 16.2. The molecular weight excluding hydrogens is 526 g/mol. The molecule has 2 aromatic carbocycles. The number of anilines is 1. The highest BCUT2D eigenvalue weighted by molar-refractivity contribution is 9.10. The van der Waals surface area contributed by atoms with Gasteiger partial charge in [0.15, 0.2) is 16.7 Å². The lowest BCUT2D eigenvalue weighted by molar-refractivity contribution is -0.384. The lowest BCUT2D eigenvalue weighted by Crippen LogP contribution is -2.30. The van der Waals surface area contributed by atoms with Gasteiger partial charge in [-0.15, -0.1) is 0 Å². The number of ketones is 1. The smallest absolute Gasteiger partial charge is 0.296 e. The molecule has 4 aromatic rings. The van der Waals surface area contributed by atoms with E-state index >= 15 is 0 Å². The SMILES string of the molecule is Cc1ccc(C(=O)C2=C(O)C(=O)N(c3nc4ccc([N+](=O)[O-])cc4s3)C2c2cccc(Br)c2)o1. The number of Topliss-reactive ketones (excluding diaryl/α,β-unsaturated/α-hetero) is 1. The van der Waals surface area contributed by atoms with Crippen molar-refractivity contribution < 1.29 is 24.0 Å². The number of furan rings is 1. The highest BCUT2D eigenvalue weighted by atomic mass is 79.9. The predicted octanol–water partition coefficient (Wildman–Crippen LogP) is 5.65. The molecule has 1 amide bonds. The Labute approximate surface area is 204 Å². The fraction of sp³-hybridized carbons (Fsp3) is 0.0870. The third-order valence-corrected chi connectivity index (χ3v) is 6.87. The summed E-state index contributed by atoms with van der Waals surface area (Å²) in [5.41, 5.74) is 0.766. The van der Waals surface area contributed by atoms with Crippen LogP contribution in [0, 0.1) is 17.0 Å². The molecule has 0 fully saturated rings. The number of carbonyl (C=O) groups is 2. The summed E-state index contributed by atoms with van der Waals surface area (Å²) in [6.45, 7) is 1.68. The van der Waals surface area contributed by atoms with Crippen molar-refractivity contribution in [1.82, 2.24) is 4.98 Å². The van der Waals surface area contributed by atoms with Crippen LogP contribution in [0.15, 0.2) is 74.8 Å². The van der Waals surface area contributed by atoms with Crippen LogP contribution in [0.4, 0.5) is 10.8 Å². The van der Waals surface area contributed by atoms with E-state index in [4.69, 9.17) is 4.42 Å². The Kier molecular flexibility index (Phi) is 5.29. The molecule has 0 saturated heterocycles. The maximum absolute atomic E-state index is 13.4. The van der Waals surface area contributed by atoms with Gasteiger partial charge >= 0.3 is 0 Å². The topological polar surface area (TPSA) is 127 Å². The molecule has 0 saturated carbocycles. The Morgan fingerprint density at radius 3 is 2.71 bits per heavy atom. The van der Waals surface area contributed by atoms with Gasteiger partial charge in [-0.3, -0.25) is 24.6 Å². The van der Waals surface area contributed by atoms with Crippen molar-refractivity contribution >= 4 is 60.0 Å². The molecule has 1 atom stereocenters. The van der Waals surface area contributed by atoms with Gasteiger partial charge in [0, 0.05) is 16.6 Å². The number of aromatic nitrogens is 1. The molecule has 2 aromatic heterocycles. The molecule has 5 rings (SSSR count). The minimum atomic E-state index is -0.988. The molecule has 1 aliphatic rings. The Hall–Kier alpha value is -3.83. The predicted molar refractivity (Wildman–Crippen MR) is 128 cm³/mol. The standard InChI is InChI=1S/C23H14BrN3O6S/c1-11-5-8-16(33-11)20(28)18-19(12-3-2-4-13(24)9-12)26(22(30)21(18)29)23-25-15-7-6-14(27(31)32)10-17(15)34-23/h2-10,19,29H,1H3. The van der Waals surface area contributed by atoms with E-state index in [1.54, 1.807) is 37.3 Å². The number of nitro groups is 1. The first-order valence-electron chi connectivity index (χ1n) is 9.93. The fourth-order valence-corrected chi connectivity index (χ4v) is 5.28. The largest absolute Gasteiger partial charge is 0.503 e. The van der Waals surface area contributed by atoms with Crippen LogP contribution in [0.2, 0.25) is 0 Å². The summed E-state index contributed by atoms with van der Waals surface area (Å²) in [6, 6.07) is 13.3. The van der Waals surface area contributed by atoms with Crippen LogP contribution in [0.5, 0.6) is 0 Å². The van der Waals surface area contributed by atoms with Crippen molar-refractivity contribution in [1.29, 1.82) is 0 Å². The van der Waals surface area contributed by atoms with Crippen molar-refractivity contribution in [3.63, 3.8) is 0 Å². The maximum Gasteiger partial charge on any atom is 0.296 e. The van der Waals surface area contributed by atoms with Gasteiger partial charge in [-0.2, -0.15) is 0 Å². The highest BCUT2D eigenvalue weighted by Gasteiger charge is 2.46. The number of benzene rings is 2. The molecule has 1 aliphatic heterocycles. The van der Waals surface area contributed by atoms with Gasteiger partial charge in [0.25, 0.3) is 11.6 Å². The van der Waals surface area contributed by atoms with Gasteiger partial charge in [-0.05, 0) is 42.8 Å². The molecule has 0 radical (unpaired) electrons. The normalized spacial score (nSPS) is 16.0. The summed E-state index contributed by atoms with van der Waals surface area (Å²) >= 11 is 4.46. The zero-order chi connectivity index (χ0) is 24.1. The van der Waals surface area contributed by atoms with E-state index in [0.717, 1.165) is 11.3 Å². The molecule has 0 aliphatic carbocycles. The van der Waals surface area contributed by atoms with Gasteiger partial charge in [-0.1, -0.05) is 39.4 Å². The number of nitro benzene ring substituents is 1. The third-order valence-electron chi connectivity index (χ3n) is 5.36. The number of non-ortho nitro benzene ring substituents is 1. The fourth-order valence-electron chi connectivity index (χ4n) is 3.83. The molecule has 170 valence electrons. The molecule has 9 nitrogen and oxygen atoms in total. The summed E-state index contributed by atoms with van der Waals surface area (Å²) in [5.74, 6) is -1.62. The van der Waals surface area contributed by atoms with Crippen LogP contribution in [0.25, 0.3) is 10.2 Å². The van der Waals surface area contributed by atoms with E-state index in [-0.39, 0.29) is 22.2 Å². The van der Waals surface area contributed by atoms with Gasteiger partial charge in [0.1, 0.15) is 5.76 Å². The lowest BCUT2D eigenvalue weighted by Gasteiger charge is -2.24. The Morgan fingerprint density at radius 1 is 1.24 bits per heavy atom. The van der Waals surface area contributed by atoms with E-state index in [9.17, 15) is 24.8 Å². The van der Waals surface area contributed by atoms with Crippen molar-refractivity contribution in [2.75, 3.05) is 4.90 Å². The van der Waals surface area contributed by atoms with Gasteiger partial charge < -0.3 is 9.52 Å². The Bertz CT molecular complexity index is 1540. The van der Waals surface area contributed by atoms with Gasteiger partial charge in [0.05, 0.1) is 26.8 Å². The number of amides is 1. The molecule has 0 spiro atoms. The van der Waals surface area contributed by atoms with Gasteiger partial charge in [-0.25, -0.2) is 4.98 Å². The Balaban J connectivity index is 1.67. The number of hydrogen-bond donors (Lipinski definition) is 1. The highest BCUT2D eigenvalue weighted by Crippen LogP contribution is 2.45. The Morgan fingerprint density at radius 2 is 2.03 bits per heavy atom. The van der Waals surface area contributed by atoms with Crippen LogP contribution in [0.3, 0.4) is 0 Å². The summed E-state index contributed by atoms with van der Waals surface area (Å²) in [6.07, 6.45) is 0. The first kappa shape index (κ1) is 22.0. The number of aliphatic hydroxyl groups excluding tert-OH is 1. The quantitative estimate of drug-likeness (QED) is 0.197. The second-order valence-electron chi connectivity index (χ2n) is 7.54. The van der Waals surface area contributed by atoms with Crippen molar-refractivity contribution in [2.45, 2.75) is 13.0 Å².